The normalized spacial score (nSPS) is 19.1. The number of hydrogen-bond donors (Lipinski definition) is 2. The topological polar surface area (TPSA) is 112 Å². The van der Waals surface area contributed by atoms with Crippen LogP contribution >= 0.6 is 0 Å². The van der Waals surface area contributed by atoms with Gasteiger partial charge in [0.1, 0.15) is 19.5 Å². The van der Waals surface area contributed by atoms with Gasteiger partial charge in [0.25, 0.3) is 0 Å². The van der Waals surface area contributed by atoms with Crippen molar-refractivity contribution in [3.8, 4) is 0 Å². The Morgan fingerprint density at radius 3 is 3.12 bits per heavy atom. The van der Waals surface area contributed by atoms with Crippen molar-refractivity contribution < 1.29 is 14.3 Å². The van der Waals surface area contributed by atoms with E-state index in [4.69, 9.17) is 10.5 Å². The van der Waals surface area contributed by atoms with Gasteiger partial charge in [0, 0.05) is 6.42 Å². The van der Waals surface area contributed by atoms with E-state index in [0.717, 1.165) is 0 Å². The Bertz CT molecular complexity index is 430. The van der Waals surface area contributed by atoms with Crippen molar-refractivity contribution in [2.24, 2.45) is 0 Å². The molecule has 1 saturated heterocycles. The molecule has 0 bridgehead atoms. The van der Waals surface area contributed by atoms with E-state index in [9.17, 15) is 9.59 Å². The smallest absolute Gasteiger partial charge is 0.327 e. The molecule has 1 unspecified atom stereocenters. The van der Waals surface area contributed by atoms with Crippen LogP contribution in [0.25, 0.3) is 0 Å². The van der Waals surface area contributed by atoms with Crippen LogP contribution in [0.3, 0.4) is 0 Å². The second-order valence-electron chi connectivity index (χ2n) is 3.79. The van der Waals surface area contributed by atoms with Crippen LogP contribution in [-0.2, 0) is 20.9 Å². The zero-order chi connectivity index (χ0) is 12.3. The number of nitrogens with two attached hydrogens (primary N) is 1. The van der Waals surface area contributed by atoms with Crippen LogP contribution < -0.4 is 11.1 Å². The van der Waals surface area contributed by atoms with Crippen molar-refractivity contribution >= 4 is 17.8 Å². The van der Waals surface area contributed by atoms with Crippen molar-refractivity contribution in [3.05, 3.63) is 6.33 Å². The molecule has 1 aliphatic heterocycles. The zero-order valence-electron chi connectivity index (χ0n) is 9.13. The fourth-order valence-corrected chi connectivity index (χ4v) is 1.56. The van der Waals surface area contributed by atoms with Crippen LogP contribution in [0.2, 0.25) is 0 Å². The number of amides is 1. The van der Waals surface area contributed by atoms with E-state index in [1.807, 2.05) is 0 Å². The van der Waals surface area contributed by atoms with Gasteiger partial charge in [-0.1, -0.05) is 0 Å². The number of carbonyl (C=O) groups is 2. The number of aromatic nitrogens is 3. The minimum atomic E-state index is -0.434. The Morgan fingerprint density at radius 2 is 2.53 bits per heavy atom. The molecule has 1 atom stereocenters. The van der Waals surface area contributed by atoms with E-state index < -0.39 is 5.97 Å². The first-order valence-corrected chi connectivity index (χ1v) is 5.23. The van der Waals surface area contributed by atoms with E-state index in [0.29, 0.717) is 12.8 Å². The predicted octanol–water partition coefficient (Wildman–Crippen LogP) is -1.32. The summed E-state index contributed by atoms with van der Waals surface area (Å²) in [5, 5.41) is 6.46. The van der Waals surface area contributed by atoms with Crippen LogP contribution in [0.1, 0.15) is 12.8 Å². The van der Waals surface area contributed by atoms with Gasteiger partial charge in [-0.15, -0.1) is 5.10 Å². The molecule has 92 valence electrons. The quantitative estimate of drug-likeness (QED) is 0.630. The summed E-state index contributed by atoms with van der Waals surface area (Å²) in [4.78, 5) is 26.0. The summed E-state index contributed by atoms with van der Waals surface area (Å²) < 4.78 is 6.30. The van der Waals surface area contributed by atoms with Gasteiger partial charge >= 0.3 is 5.97 Å². The average Bonchev–Trinajstić information content (AvgIpc) is 2.85. The number of esters is 1. The van der Waals surface area contributed by atoms with Gasteiger partial charge in [-0.05, 0) is 6.42 Å². The molecule has 0 aromatic carbocycles. The minimum Gasteiger partial charge on any atom is -0.462 e. The lowest BCUT2D eigenvalue weighted by atomic mass is 10.2. The van der Waals surface area contributed by atoms with E-state index in [-0.39, 0.29) is 31.0 Å². The lowest BCUT2D eigenvalue weighted by molar-refractivity contribution is -0.145. The second-order valence-corrected chi connectivity index (χ2v) is 3.79. The Balaban J connectivity index is 1.72. The summed E-state index contributed by atoms with van der Waals surface area (Å²) in [6.45, 7) is 0.152. The standard InChI is InChI=1S/C9H13N5O3/c10-9-11-5-14(13-9)3-8(16)17-4-6-1-2-7(15)12-6/h5-6H,1-4H2,(H2,10,13)(H,12,15). The summed E-state index contributed by atoms with van der Waals surface area (Å²) in [7, 11) is 0. The number of anilines is 1. The molecule has 0 saturated carbocycles. The molecule has 0 aliphatic carbocycles. The van der Waals surface area contributed by atoms with Crippen molar-refractivity contribution in [1.82, 2.24) is 20.1 Å². The molecule has 2 heterocycles. The van der Waals surface area contributed by atoms with Crippen LogP contribution in [0.4, 0.5) is 5.95 Å². The third kappa shape index (κ3) is 3.16. The predicted molar refractivity (Wildman–Crippen MR) is 56.6 cm³/mol. The van der Waals surface area contributed by atoms with E-state index >= 15 is 0 Å². The largest absolute Gasteiger partial charge is 0.462 e. The number of nitrogen functional groups attached to an aromatic ring is 1. The summed E-state index contributed by atoms with van der Waals surface area (Å²) in [6, 6.07) is -0.0766. The van der Waals surface area contributed by atoms with E-state index in [1.54, 1.807) is 0 Å². The first kappa shape index (κ1) is 11.4. The molecule has 0 spiro atoms. The Morgan fingerprint density at radius 1 is 1.71 bits per heavy atom. The molecule has 3 N–H and O–H groups in total. The third-order valence-corrected chi connectivity index (χ3v) is 2.38. The highest BCUT2D eigenvalue weighted by Gasteiger charge is 2.21. The average molecular weight is 239 g/mol. The number of rotatable bonds is 4. The van der Waals surface area contributed by atoms with Gasteiger partial charge in [0.2, 0.25) is 11.9 Å². The first-order chi connectivity index (χ1) is 8.13. The minimum absolute atomic E-state index is 0.00454. The fraction of sp³-hybridized carbons (Fsp3) is 0.556. The fourth-order valence-electron chi connectivity index (χ4n) is 1.56. The van der Waals surface area contributed by atoms with Gasteiger partial charge in [-0.25, -0.2) is 9.67 Å². The molecule has 1 aliphatic rings. The molecule has 1 aromatic rings. The van der Waals surface area contributed by atoms with Crippen molar-refractivity contribution in [2.75, 3.05) is 12.3 Å². The number of hydrogen-bond acceptors (Lipinski definition) is 6. The third-order valence-electron chi connectivity index (χ3n) is 2.38. The van der Waals surface area contributed by atoms with Crippen LogP contribution in [0, 0.1) is 0 Å². The number of ether oxygens (including phenoxy) is 1. The highest BCUT2D eigenvalue weighted by atomic mass is 16.5. The van der Waals surface area contributed by atoms with Crippen LogP contribution in [-0.4, -0.2) is 39.3 Å². The van der Waals surface area contributed by atoms with Gasteiger partial charge in [-0.3, -0.25) is 9.59 Å². The lowest BCUT2D eigenvalue weighted by Crippen LogP contribution is -2.31. The highest BCUT2D eigenvalue weighted by molar-refractivity contribution is 5.78. The maximum Gasteiger partial charge on any atom is 0.327 e. The molecular weight excluding hydrogens is 226 g/mol. The highest BCUT2D eigenvalue weighted by Crippen LogP contribution is 2.06. The van der Waals surface area contributed by atoms with Crippen molar-refractivity contribution in [1.29, 1.82) is 0 Å². The molecule has 0 radical (unpaired) electrons. The Kier molecular flexibility index (Phi) is 3.22. The van der Waals surface area contributed by atoms with Gasteiger partial charge in [0.15, 0.2) is 0 Å². The number of nitrogens with one attached hydrogen (secondary N) is 1. The summed E-state index contributed by atoms with van der Waals surface area (Å²) >= 11 is 0. The molecule has 1 aromatic heterocycles. The van der Waals surface area contributed by atoms with Crippen molar-refractivity contribution in [2.45, 2.75) is 25.4 Å². The molecule has 1 fully saturated rings. The van der Waals surface area contributed by atoms with E-state index in [2.05, 4.69) is 15.4 Å². The number of nitrogens with zero attached hydrogens (tertiary/aromatic N) is 3. The molecular formula is C9H13N5O3. The van der Waals surface area contributed by atoms with Crippen LogP contribution in [0.5, 0.6) is 0 Å². The summed E-state index contributed by atoms with van der Waals surface area (Å²) in [5.74, 6) is -0.327. The van der Waals surface area contributed by atoms with Crippen LogP contribution in [0.15, 0.2) is 6.33 Å². The van der Waals surface area contributed by atoms with Crippen molar-refractivity contribution in [3.63, 3.8) is 0 Å². The SMILES string of the molecule is Nc1ncn(CC(=O)OCC2CCC(=O)N2)n1. The summed E-state index contributed by atoms with van der Waals surface area (Å²) in [5.41, 5.74) is 5.30. The second kappa shape index (κ2) is 4.81. The molecule has 1 amide bonds. The molecule has 2 rings (SSSR count). The number of carbonyl (C=O) groups excluding carboxylic acids is 2. The van der Waals surface area contributed by atoms with Gasteiger partial charge in [0.05, 0.1) is 6.04 Å². The first-order valence-electron chi connectivity index (χ1n) is 5.23. The zero-order valence-corrected chi connectivity index (χ0v) is 9.13. The maximum absolute atomic E-state index is 11.4. The Labute approximate surface area is 97.1 Å². The summed E-state index contributed by atoms with van der Waals surface area (Å²) in [6.07, 6.45) is 2.54. The lowest BCUT2D eigenvalue weighted by Gasteiger charge is -2.10. The molecule has 8 heteroatoms. The monoisotopic (exact) mass is 239 g/mol. The maximum atomic E-state index is 11.4. The van der Waals surface area contributed by atoms with E-state index in [1.165, 1.54) is 11.0 Å². The molecule has 17 heavy (non-hydrogen) atoms. The van der Waals surface area contributed by atoms with Gasteiger partial charge in [-0.2, -0.15) is 0 Å². The molecule has 8 nitrogen and oxygen atoms in total. The Hall–Kier alpha value is -2.12. The van der Waals surface area contributed by atoms with Gasteiger partial charge < -0.3 is 15.8 Å².